The van der Waals surface area contributed by atoms with Crippen molar-refractivity contribution in [1.82, 2.24) is 4.98 Å². The van der Waals surface area contributed by atoms with E-state index in [1.54, 1.807) is 0 Å². The molecular formula is C57H36N2O2. The fourth-order valence-electron chi connectivity index (χ4n) is 9.03. The fraction of sp³-hybridized carbons (Fsp3) is 0. The zero-order valence-corrected chi connectivity index (χ0v) is 33.0. The summed E-state index contributed by atoms with van der Waals surface area (Å²) in [4.78, 5) is 7.27. The van der Waals surface area contributed by atoms with E-state index >= 15 is 0 Å². The zero-order chi connectivity index (χ0) is 40.3. The largest absolute Gasteiger partial charge is 0.455 e. The fourth-order valence-corrected chi connectivity index (χ4v) is 9.03. The Morgan fingerprint density at radius 3 is 1.49 bits per heavy atom. The van der Waals surface area contributed by atoms with Crippen LogP contribution >= 0.6 is 0 Å². The molecule has 12 rings (SSSR count). The molecule has 0 aliphatic carbocycles. The number of nitrogens with zero attached hydrogens (tertiary/aromatic N) is 2. The maximum Gasteiger partial charge on any atom is 0.227 e. The molecule has 0 saturated heterocycles. The monoisotopic (exact) mass is 780 g/mol. The highest BCUT2D eigenvalue weighted by Gasteiger charge is 2.23. The second kappa shape index (κ2) is 14.3. The molecule has 61 heavy (non-hydrogen) atoms. The molecule has 4 nitrogen and oxygen atoms in total. The molecule has 286 valence electrons. The van der Waals surface area contributed by atoms with Crippen LogP contribution in [-0.2, 0) is 0 Å². The Labute approximate surface area is 352 Å². The van der Waals surface area contributed by atoms with Crippen LogP contribution < -0.4 is 4.90 Å². The van der Waals surface area contributed by atoms with E-state index < -0.39 is 0 Å². The highest BCUT2D eigenvalue weighted by Crippen LogP contribution is 2.48. The molecule has 0 aliphatic rings. The van der Waals surface area contributed by atoms with Gasteiger partial charge >= 0.3 is 0 Å². The van der Waals surface area contributed by atoms with Crippen molar-refractivity contribution in [2.24, 2.45) is 0 Å². The molecule has 12 aromatic rings. The van der Waals surface area contributed by atoms with Gasteiger partial charge in [-0.2, -0.15) is 0 Å². The molecule has 0 aliphatic heterocycles. The number of benzene rings is 10. The molecule has 2 aromatic heterocycles. The number of hydrogen-bond donors (Lipinski definition) is 0. The lowest BCUT2D eigenvalue weighted by Crippen LogP contribution is -2.10. The van der Waals surface area contributed by atoms with E-state index in [-0.39, 0.29) is 0 Å². The smallest absolute Gasteiger partial charge is 0.227 e. The van der Waals surface area contributed by atoms with E-state index in [1.165, 1.54) is 22.3 Å². The van der Waals surface area contributed by atoms with Crippen molar-refractivity contribution in [1.29, 1.82) is 0 Å². The normalized spacial score (nSPS) is 11.6. The molecule has 2 heterocycles. The minimum Gasteiger partial charge on any atom is -0.455 e. The third-order valence-corrected chi connectivity index (χ3v) is 11.9. The van der Waals surface area contributed by atoms with Gasteiger partial charge in [-0.1, -0.05) is 158 Å². The topological polar surface area (TPSA) is 42.4 Å². The number of para-hydroxylation sites is 3. The van der Waals surface area contributed by atoms with Gasteiger partial charge in [0.1, 0.15) is 16.7 Å². The first kappa shape index (κ1) is 34.8. The number of furan rings is 1. The minimum atomic E-state index is 0.607. The van der Waals surface area contributed by atoms with Crippen molar-refractivity contribution < 1.29 is 8.83 Å². The lowest BCUT2D eigenvalue weighted by Gasteiger charge is -2.28. The Balaban J connectivity index is 1.10. The highest BCUT2D eigenvalue weighted by atomic mass is 16.3. The summed E-state index contributed by atoms with van der Waals surface area (Å²) in [7, 11) is 0. The summed E-state index contributed by atoms with van der Waals surface area (Å²) in [6.07, 6.45) is 0. The van der Waals surface area contributed by atoms with Crippen LogP contribution in [0.3, 0.4) is 0 Å². The molecule has 10 aromatic carbocycles. The average molecular weight is 781 g/mol. The summed E-state index contributed by atoms with van der Waals surface area (Å²) >= 11 is 0. The summed E-state index contributed by atoms with van der Waals surface area (Å²) in [6.45, 7) is 0. The van der Waals surface area contributed by atoms with Crippen LogP contribution in [0.2, 0.25) is 0 Å². The molecule has 0 bridgehead atoms. The van der Waals surface area contributed by atoms with Crippen molar-refractivity contribution in [2.45, 2.75) is 0 Å². The predicted molar refractivity (Wildman–Crippen MR) is 253 cm³/mol. The first-order valence-electron chi connectivity index (χ1n) is 20.6. The quantitative estimate of drug-likeness (QED) is 0.162. The van der Waals surface area contributed by atoms with Crippen LogP contribution in [0.15, 0.2) is 227 Å². The van der Waals surface area contributed by atoms with Crippen molar-refractivity contribution in [2.75, 3.05) is 4.90 Å². The van der Waals surface area contributed by atoms with Crippen LogP contribution in [-0.4, -0.2) is 4.98 Å². The molecular weight excluding hydrogens is 745 g/mol. The SMILES string of the molecule is c1ccc(-c2ccc(N(c3ccc(-c4ccccc4)cc3)c3ccc(-c4ccc(-c5nc6ccccc6o5)c5ccccc45)c4c3ccc3c5ccccc5oc34)cc2)cc1. The van der Waals surface area contributed by atoms with E-state index in [0.717, 1.165) is 88.3 Å². The van der Waals surface area contributed by atoms with Crippen LogP contribution in [0.5, 0.6) is 0 Å². The summed E-state index contributed by atoms with van der Waals surface area (Å²) in [5.74, 6) is 0.607. The maximum absolute atomic E-state index is 6.90. The van der Waals surface area contributed by atoms with E-state index in [9.17, 15) is 0 Å². The zero-order valence-electron chi connectivity index (χ0n) is 33.0. The van der Waals surface area contributed by atoms with Crippen LogP contribution in [0.1, 0.15) is 0 Å². The minimum absolute atomic E-state index is 0.607. The summed E-state index contributed by atoms with van der Waals surface area (Å²) in [5.41, 5.74) is 14.3. The molecule has 4 heteroatoms. The standard InChI is InChI=1S/C57H36N2O2/c1-3-13-37(14-4-1)39-23-27-41(28-24-39)59(42-29-25-40(26-30-42)38-15-5-2-6-16-38)52-36-35-47(55-50(52)34-32-48-46-19-9-11-21-53(46)60-56(48)55)45-31-33-49(44-18-8-7-17-43(44)45)57-58-51-20-10-12-22-54(51)61-57/h1-36H. The first-order valence-corrected chi connectivity index (χ1v) is 20.6. The first-order chi connectivity index (χ1) is 30.2. The van der Waals surface area contributed by atoms with Gasteiger partial charge in [0.05, 0.1) is 5.69 Å². The highest BCUT2D eigenvalue weighted by molar-refractivity contribution is 6.23. The number of hydrogen-bond acceptors (Lipinski definition) is 4. The number of rotatable bonds is 7. The Hall–Kier alpha value is -8.21. The molecule has 0 saturated carbocycles. The Bertz CT molecular complexity index is 3450. The van der Waals surface area contributed by atoms with Crippen molar-refractivity contribution in [3.8, 4) is 44.8 Å². The average Bonchev–Trinajstić information content (AvgIpc) is 3.95. The molecule has 0 unspecified atom stereocenters. The van der Waals surface area contributed by atoms with E-state index in [2.05, 4.69) is 193 Å². The number of aromatic nitrogens is 1. The number of oxazole rings is 1. The molecule has 0 N–H and O–H groups in total. The Morgan fingerprint density at radius 1 is 0.328 bits per heavy atom. The molecule has 0 radical (unpaired) electrons. The molecule has 0 amide bonds. The van der Waals surface area contributed by atoms with Gasteiger partial charge in [-0.05, 0) is 105 Å². The van der Waals surface area contributed by atoms with Crippen molar-refractivity contribution in [3.63, 3.8) is 0 Å². The van der Waals surface area contributed by atoms with Crippen LogP contribution in [0, 0.1) is 0 Å². The number of anilines is 3. The lowest BCUT2D eigenvalue weighted by atomic mass is 9.90. The van der Waals surface area contributed by atoms with Gasteiger partial charge in [0.15, 0.2) is 5.58 Å². The number of fused-ring (bicyclic) bond motifs is 7. The van der Waals surface area contributed by atoms with Crippen LogP contribution in [0.25, 0.3) is 99.4 Å². The van der Waals surface area contributed by atoms with Crippen molar-refractivity contribution in [3.05, 3.63) is 218 Å². The Morgan fingerprint density at radius 2 is 0.836 bits per heavy atom. The van der Waals surface area contributed by atoms with Gasteiger partial charge in [-0.15, -0.1) is 0 Å². The third-order valence-electron chi connectivity index (χ3n) is 11.9. The van der Waals surface area contributed by atoms with Gasteiger partial charge in [-0.25, -0.2) is 4.98 Å². The maximum atomic E-state index is 6.90. The van der Waals surface area contributed by atoms with Gasteiger partial charge in [0.2, 0.25) is 5.89 Å². The van der Waals surface area contributed by atoms with E-state index in [4.69, 9.17) is 13.8 Å². The second-order valence-electron chi connectivity index (χ2n) is 15.4. The Kier molecular flexibility index (Phi) is 8.13. The van der Waals surface area contributed by atoms with Gasteiger partial charge in [0.25, 0.3) is 0 Å². The van der Waals surface area contributed by atoms with E-state index in [0.29, 0.717) is 5.89 Å². The predicted octanol–water partition coefficient (Wildman–Crippen LogP) is 16.2. The third kappa shape index (κ3) is 5.88. The van der Waals surface area contributed by atoms with Gasteiger partial charge in [0, 0.05) is 38.5 Å². The summed E-state index contributed by atoms with van der Waals surface area (Å²) < 4.78 is 13.2. The lowest BCUT2D eigenvalue weighted by molar-refractivity contribution is 0.620. The summed E-state index contributed by atoms with van der Waals surface area (Å²) in [6, 6.07) is 77.1. The summed E-state index contributed by atoms with van der Waals surface area (Å²) in [5, 5.41) is 6.48. The van der Waals surface area contributed by atoms with Crippen LogP contribution in [0.4, 0.5) is 17.1 Å². The van der Waals surface area contributed by atoms with Gasteiger partial charge in [-0.3, -0.25) is 0 Å². The second-order valence-corrected chi connectivity index (χ2v) is 15.4. The molecule has 0 fully saturated rings. The molecule has 0 atom stereocenters. The molecule has 0 spiro atoms. The van der Waals surface area contributed by atoms with Crippen molar-refractivity contribution >= 4 is 71.6 Å². The van der Waals surface area contributed by atoms with Gasteiger partial charge < -0.3 is 13.7 Å². The van der Waals surface area contributed by atoms with E-state index in [1.807, 2.05) is 30.3 Å².